The first-order chi connectivity index (χ1) is 9.46. The summed E-state index contributed by atoms with van der Waals surface area (Å²) in [7, 11) is 0.0122. The van der Waals surface area contributed by atoms with Crippen LogP contribution in [0.5, 0.6) is 5.88 Å². The van der Waals surface area contributed by atoms with Crippen LogP contribution in [0.15, 0.2) is 18.6 Å². The van der Waals surface area contributed by atoms with Crippen molar-refractivity contribution in [3.63, 3.8) is 0 Å². The maximum atomic E-state index is 11.2. The first kappa shape index (κ1) is 14.2. The second-order valence-electron chi connectivity index (χ2n) is 5.45. The smallest absolute Gasteiger partial charge is 0.229 e. The Morgan fingerprint density at radius 1 is 1.25 bits per heavy atom. The number of methoxy groups -OCH3 is 1. The molecule has 5 heteroatoms. The normalized spacial score (nSPS) is 10.8. The molecule has 0 fully saturated rings. The van der Waals surface area contributed by atoms with Gasteiger partial charge in [-0.05, 0) is 0 Å². The summed E-state index contributed by atoms with van der Waals surface area (Å²) in [6.07, 6.45) is 5.64. The summed E-state index contributed by atoms with van der Waals surface area (Å²) in [4.78, 5) is 19.5. The first-order valence-electron chi connectivity index (χ1n) is 6.25. The summed E-state index contributed by atoms with van der Waals surface area (Å²) in [5.41, 5.74) is 4.46. The molecule has 0 atom stereocenters. The SMILES string of the molecule is COc1ncc2cncc(C=O)c2c1C#C[Si](C)(C)C. The number of hydrogen-bond acceptors (Lipinski definition) is 4. The standard InChI is InChI=1S/C15H16N2O2Si/c1-19-15-13(5-6-20(2,3)4)14-11(9-17-15)7-16-8-12(14)10-18/h7-10H,1-4H3. The van der Waals surface area contributed by atoms with E-state index in [0.717, 1.165) is 17.1 Å². The Labute approximate surface area is 119 Å². The van der Waals surface area contributed by atoms with Crippen LogP contribution in [-0.2, 0) is 0 Å². The van der Waals surface area contributed by atoms with Crippen molar-refractivity contribution < 1.29 is 9.53 Å². The third kappa shape index (κ3) is 2.86. The van der Waals surface area contributed by atoms with E-state index < -0.39 is 8.07 Å². The summed E-state index contributed by atoms with van der Waals surface area (Å²) in [5, 5.41) is 1.54. The highest BCUT2D eigenvalue weighted by molar-refractivity contribution is 6.83. The zero-order valence-electron chi connectivity index (χ0n) is 12.0. The van der Waals surface area contributed by atoms with E-state index in [4.69, 9.17) is 4.74 Å². The minimum atomic E-state index is -1.54. The molecule has 0 unspecified atom stereocenters. The van der Waals surface area contributed by atoms with E-state index in [1.165, 1.54) is 6.20 Å². The Kier molecular flexibility index (Phi) is 3.86. The number of nitrogens with zero attached hydrogens (tertiary/aromatic N) is 2. The first-order valence-corrected chi connectivity index (χ1v) is 9.75. The molecule has 0 saturated carbocycles. The number of carbonyl (C=O) groups is 1. The molecule has 2 heterocycles. The van der Waals surface area contributed by atoms with E-state index >= 15 is 0 Å². The highest BCUT2D eigenvalue weighted by Crippen LogP contribution is 2.26. The van der Waals surface area contributed by atoms with E-state index in [1.807, 2.05) is 0 Å². The number of hydrogen-bond donors (Lipinski definition) is 0. The van der Waals surface area contributed by atoms with E-state index in [2.05, 4.69) is 41.1 Å². The van der Waals surface area contributed by atoms with Crippen molar-refractivity contribution in [1.29, 1.82) is 0 Å². The molecule has 0 aliphatic heterocycles. The Hall–Kier alpha value is -2.19. The monoisotopic (exact) mass is 284 g/mol. The largest absolute Gasteiger partial charge is 0.480 e. The average molecular weight is 284 g/mol. The molecule has 20 heavy (non-hydrogen) atoms. The number of rotatable bonds is 2. The molecule has 4 nitrogen and oxygen atoms in total. The van der Waals surface area contributed by atoms with Gasteiger partial charge in [0.1, 0.15) is 8.07 Å². The summed E-state index contributed by atoms with van der Waals surface area (Å²) in [5.74, 6) is 3.60. The topological polar surface area (TPSA) is 52.1 Å². The zero-order chi connectivity index (χ0) is 14.8. The van der Waals surface area contributed by atoms with Crippen LogP contribution in [0.25, 0.3) is 10.8 Å². The number of fused-ring (bicyclic) bond motifs is 1. The molecule has 0 radical (unpaired) electrons. The number of carbonyl (C=O) groups excluding carboxylic acids is 1. The fourth-order valence-electron chi connectivity index (χ4n) is 1.79. The van der Waals surface area contributed by atoms with Gasteiger partial charge in [-0.2, -0.15) is 0 Å². The van der Waals surface area contributed by atoms with Crippen molar-refractivity contribution in [2.75, 3.05) is 7.11 Å². The van der Waals surface area contributed by atoms with Crippen LogP contribution >= 0.6 is 0 Å². The fourth-order valence-corrected chi connectivity index (χ4v) is 2.29. The van der Waals surface area contributed by atoms with Gasteiger partial charge in [0.25, 0.3) is 0 Å². The molecule has 0 saturated heterocycles. The third-order valence-corrected chi connectivity index (χ3v) is 3.55. The molecule has 0 N–H and O–H groups in total. The van der Waals surface area contributed by atoms with Crippen molar-refractivity contribution in [3.05, 3.63) is 29.7 Å². The van der Waals surface area contributed by atoms with Gasteiger partial charge in [-0.25, -0.2) is 4.98 Å². The molecular formula is C15H16N2O2Si. The van der Waals surface area contributed by atoms with Gasteiger partial charge in [-0.3, -0.25) is 9.78 Å². The van der Waals surface area contributed by atoms with Crippen molar-refractivity contribution >= 4 is 25.1 Å². The van der Waals surface area contributed by atoms with Crippen molar-refractivity contribution in [2.45, 2.75) is 19.6 Å². The number of ether oxygens (including phenoxy) is 1. The summed E-state index contributed by atoms with van der Waals surface area (Å²) in [6.45, 7) is 6.48. The average Bonchev–Trinajstić information content (AvgIpc) is 2.42. The van der Waals surface area contributed by atoms with Gasteiger partial charge < -0.3 is 4.74 Å². The molecule has 2 aromatic heterocycles. The maximum absolute atomic E-state index is 11.2. The van der Waals surface area contributed by atoms with E-state index in [9.17, 15) is 4.79 Å². The van der Waals surface area contributed by atoms with Gasteiger partial charge in [0.2, 0.25) is 5.88 Å². The second-order valence-corrected chi connectivity index (χ2v) is 10.2. The molecule has 0 aromatic carbocycles. The highest BCUT2D eigenvalue weighted by atomic mass is 28.3. The summed E-state index contributed by atoms with van der Waals surface area (Å²) >= 11 is 0. The van der Waals surface area contributed by atoms with Gasteiger partial charge in [0.05, 0.1) is 12.7 Å². The third-order valence-electron chi connectivity index (χ3n) is 2.67. The number of aldehydes is 1. The van der Waals surface area contributed by atoms with Crippen molar-refractivity contribution in [3.8, 4) is 17.3 Å². The highest BCUT2D eigenvalue weighted by Gasteiger charge is 2.13. The van der Waals surface area contributed by atoms with Gasteiger partial charge in [0, 0.05) is 34.9 Å². The molecule has 0 spiro atoms. The minimum Gasteiger partial charge on any atom is -0.480 e. The van der Waals surface area contributed by atoms with Crippen molar-refractivity contribution in [1.82, 2.24) is 9.97 Å². The Balaban J connectivity index is 2.83. The molecule has 2 rings (SSSR count). The van der Waals surface area contributed by atoms with Crippen LogP contribution in [-0.4, -0.2) is 31.4 Å². The molecule has 0 aliphatic rings. The van der Waals surface area contributed by atoms with E-state index in [-0.39, 0.29) is 0 Å². The fraction of sp³-hybridized carbons (Fsp3) is 0.267. The lowest BCUT2D eigenvalue weighted by molar-refractivity contribution is 0.112. The lowest BCUT2D eigenvalue weighted by Gasteiger charge is -2.09. The van der Waals surface area contributed by atoms with Crippen LogP contribution in [0.1, 0.15) is 15.9 Å². The molecule has 102 valence electrons. The van der Waals surface area contributed by atoms with Crippen LogP contribution in [0.3, 0.4) is 0 Å². The predicted octanol–water partition coefficient (Wildman–Crippen LogP) is 2.68. The Morgan fingerprint density at radius 3 is 2.60 bits per heavy atom. The predicted molar refractivity (Wildman–Crippen MR) is 81.7 cm³/mol. The lowest BCUT2D eigenvalue weighted by Crippen LogP contribution is -2.16. The van der Waals surface area contributed by atoms with Crippen LogP contribution in [0.2, 0.25) is 19.6 Å². The number of pyridine rings is 2. The van der Waals surface area contributed by atoms with Gasteiger partial charge in [-0.15, -0.1) is 5.54 Å². The van der Waals surface area contributed by atoms with Crippen LogP contribution in [0, 0.1) is 11.5 Å². The minimum absolute atomic E-state index is 0.442. The van der Waals surface area contributed by atoms with Gasteiger partial charge in [0.15, 0.2) is 6.29 Å². The zero-order valence-corrected chi connectivity index (χ0v) is 13.0. The van der Waals surface area contributed by atoms with E-state index in [1.54, 1.807) is 19.5 Å². The van der Waals surface area contributed by atoms with Crippen LogP contribution < -0.4 is 4.74 Å². The molecule has 0 amide bonds. The molecule has 0 aliphatic carbocycles. The summed E-state index contributed by atoms with van der Waals surface area (Å²) in [6, 6.07) is 0. The second kappa shape index (κ2) is 5.43. The van der Waals surface area contributed by atoms with Crippen molar-refractivity contribution in [2.24, 2.45) is 0 Å². The van der Waals surface area contributed by atoms with Crippen LogP contribution in [0.4, 0.5) is 0 Å². The maximum Gasteiger partial charge on any atom is 0.229 e. The molecular weight excluding hydrogens is 268 g/mol. The molecule has 0 bridgehead atoms. The lowest BCUT2D eigenvalue weighted by atomic mass is 10.1. The number of aromatic nitrogens is 2. The Morgan fingerprint density at radius 2 is 2.00 bits per heavy atom. The van der Waals surface area contributed by atoms with Gasteiger partial charge in [-0.1, -0.05) is 25.6 Å². The summed E-state index contributed by atoms with van der Waals surface area (Å²) < 4.78 is 5.28. The Bertz CT molecular complexity index is 724. The van der Waals surface area contributed by atoms with E-state index in [0.29, 0.717) is 17.0 Å². The van der Waals surface area contributed by atoms with Gasteiger partial charge >= 0.3 is 0 Å². The molecule has 2 aromatic rings. The quantitative estimate of drug-likeness (QED) is 0.483.